The highest BCUT2D eigenvalue weighted by Gasteiger charge is 2.28. The fourth-order valence-corrected chi connectivity index (χ4v) is 3.54. The molecule has 13 heteroatoms. The van der Waals surface area contributed by atoms with Gasteiger partial charge in [-0.1, -0.05) is 30.3 Å². The van der Waals surface area contributed by atoms with Gasteiger partial charge in [0.15, 0.2) is 0 Å². The van der Waals surface area contributed by atoms with E-state index >= 15 is 0 Å². The van der Waals surface area contributed by atoms with E-state index in [4.69, 9.17) is 20.9 Å². The molecular formula is C28H43N5O8. The number of nitrogens with one attached hydrogen (secondary N) is 3. The highest BCUT2D eigenvalue weighted by atomic mass is 16.6. The quantitative estimate of drug-likeness (QED) is 0.120. The van der Waals surface area contributed by atoms with Crippen molar-refractivity contribution < 1.29 is 38.2 Å². The predicted octanol–water partition coefficient (Wildman–Crippen LogP) is 0.332. The maximum absolute atomic E-state index is 13.2. The number of esters is 2. The first-order valence-corrected chi connectivity index (χ1v) is 13.6. The van der Waals surface area contributed by atoms with Gasteiger partial charge < -0.3 is 36.9 Å². The van der Waals surface area contributed by atoms with E-state index in [1.54, 1.807) is 45.0 Å². The van der Waals surface area contributed by atoms with Crippen molar-refractivity contribution >= 4 is 35.6 Å². The molecule has 1 aromatic carbocycles. The molecule has 0 bridgehead atoms. The number of unbranched alkanes of at least 4 members (excludes halogenated alkanes) is 1. The highest BCUT2D eigenvalue weighted by molar-refractivity contribution is 5.93. The summed E-state index contributed by atoms with van der Waals surface area (Å²) in [5, 5.41) is 7.55. The number of primary amides is 1. The summed E-state index contributed by atoms with van der Waals surface area (Å²) in [5.74, 6) is -3.89. The summed E-state index contributed by atoms with van der Waals surface area (Å²) in [7, 11) is 0. The molecule has 2 unspecified atom stereocenters. The molecule has 228 valence electrons. The molecule has 0 heterocycles. The highest BCUT2D eigenvalue weighted by Crippen LogP contribution is 2.09. The third-order valence-corrected chi connectivity index (χ3v) is 5.54. The van der Waals surface area contributed by atoms with Gasteiger partial charge in [0.25, 0.3) is 0 Å². The Hall–Kier alpha value is -4.00. The van der Waals surface area contributed by atoms with Crippen molar-refractivity contribution in [1.82, 2.24) is 16.0 Å². The molecule has 0 aromatic heterocycles. The minimum absolute atomic E-state index is 0.0437. The summed E-state index contributed by atoms with van der Waals surface area (Å²) in [6.07, 6.45) is 0.578. The van der Waals surface area contributed by atoms with Crippen molar-refractivity contribution in [2.24, 2.45) is 11.5 Å². The Bertz CT molecular complexity index is 1030. The minimum atomic E-state index is -1.23. The number of ether oxygens (including phenoxy) is 2. The van der Waals surface area contributed by atoms with Crippen molar-refractivity contribution in [2.75, 3.05) is 13.1 Å². The summed E-state index contributed by atoms with van der Waals surface area (Å²) in [6, 6.07) is 6.77. The Morgan fingerprint density at radius 3 is 2.10 bits per heavy atom. The van der Waals surface area contributed by atoms with Crippen LogP contribution in [0.4, 0.5) is 0 Å². The number of benzene rings is 1. The first kappa shape index (κ1) is 35.0. The average Bonchev–Trinajstić information content (AvgIpc) is 2.90. The molecule has 0 aliphatic rings. The normalized spacial score (nSPS) is 12.4. The van der Waals surface area contributed by atoms with Gasteiger partial charge in [-0.05, 0) is 58.6 Å². The van der Waals surface area contributed by atoms with Crippen LogP contribution in [0.1, 0.15) is 71.3 Å². The smallest absolute Gasteiger partial charge is 0.325 e. The molecule has 2 atom stereocenters. The van der Waals surface area contributed by atoms with E-state index < -0.39 is 59.8 Å². The van der Waals surface area contributed by atoms with Gasteiger partial charge >= 0.3 is 11.9 Å². The van der Waals surface area contributed by atoms with Crippen LogP contribution in [0.15, 0.2) is 30.3 Å². The fourth-order valence-electron chi connectivity index (χ4n) is 3.54. The number of amides is 4. The van der Waals surface area contributed by atoms with E-state index in [0.717, 1.165) is 5.56 Å². The third-order valence-electron chi connectivity index (χ3n) is 5.54. The lowest BCUT2D eigenvalue weighted by Crippen LogP contribution is -2.54. The minimum Gasteiger partial charge on any atom is -0.461 e. The van der Waals surface area contributed by atoms with E-state index in [1.165, 1.54) is 0 Å². The van der Waals surface area contributed by atoms with Gasteiger partial charge in [-0.15, -0.1) is 0 Å². The van der Waals surface area contributed by atoms with Crippen molar-refractivity contribution in [1.29, 1.82) is 0 Å². The zero-order chi connectivity index (χ0) is 30.8. The molecule has 0 saturated heterocycles. The number of carbonyl (C=O) groups is 6. The summed E-state index contributed by atoms with van der Waals surface area (Å²) < 4.78 is 10.5. The number of carbonyl (C=O) groups excluding carboxylic acids is 6. The standard InChI is InChI=1S/C28H43N5O8/c1-28(2,3)41-25(37)17-31-26(38)21(12-15-24(36)40-18-19-9-5-4-6-10-19)33-27(39)20(11-7-8-16-29)32-23(35)14-13-22(30)34/h4-6,9-10,20-21H,7-8,11-18,29H2,1-3H3,(H2,30,34)(H,31,38)(H,32,35)(H,33,39). The van der Waals surface area contributed by atoms with E-state index in [1.807, 2.05) is 6.07 Å². The second-order valence-electron chi connectivity index (χ2n) is 10.4. The lowest BCUT2D eigenvalue weighted by molar-refractivity contribution is -0.154. The molecule has 0 saturated carbocycles. The predicted molar refractivity (Wildman–Crippen MR) is 150 cm³/mol. The van der Waals surface area contributed by atoms with Crippen LogP contribution >= 0.6 is 0 Å². The van der Waals surface area contributed by atoms with Crippen molar-refractivity contribution in [3.8, 4) is 0 Å². The number of hydrogen-bond donors (Lipinski definition) is 5. The molecule has 0 spiro atoms. The molecule has 13 nitrogen and oxygen atoms in total. The average molecular weight is 578 g/mol. The summed E-state index contributed by atoms with van der Waals surface area (Å²) >= 11 is 0. The Morgan fingerprint density at radius 2 is 1.49 bits per heavy atom. The molecule has 7 N–H and O–H groups in total. The second-order valence-corrected chi connectivity index (χ2v) is 10.4. The monoisotopic (exact) mass is 577 g/mol. The Labute approximate surface area is 240 Å². The summed E-state index contributed by atoms with van der Waals surface area (Å²) in [5.41, 5.74) is 10.7. The molecular weight excluding hydrogens is 534 g/mol. The van der Waals surface area contributed by atoms with Crippen molar-refractivity contribution in [3.63, 3.8) is 0 Å². The first-order valence-electron chi connectivity index (χ1n) is 13.6. The SMILES string of the molecule is CC(C)(C)OC(=O)CNC(=O)C(CCC(=O)OCc1ccccc1)NC(=O)C(CCCCN)NC(=O)CCC(N)=O. The lowest BCUT2D eigenvalue weighted by Gasteiger charge is -2.24. The van der Waals surface area contributed by atoms with E-state index in [9.17, 15) is 28.8 Å². The molecule has 0 aliphatic heterocycles. The molecule has 0 radical (unpaired) electrons. The molecule has 4 amide bonds. The zero-order valence-corrected chi connectivity index (χ0v) is 24.0. The first-order chi connectivity index (χ1) is 19.3. The zero-order valence-electron chi connectivity index (χ0n) is 24.0. The summed E-state index contributed by atoms with van der Waals surface area (Å²) in [6.45, 7) is 5.01. The maximum Gasteiger partial charge on any atom is 0.325 e. The Balaban J connectivity index is 2.92. The molecule has 0 fully saturated rings. The van der Waals surface area contributed by atoms with Gasteiger partial charge in [0.2, 0.25) is 23.6 Å². The van der Waals surface area contributed by atoms with E-state index in [0.29, 0.717) is 19.4 Å². The number of hydrogen-bond acceptors (Lipinski definition) is 9. The molecule has 1 rings (SSSR count). The van der Waals surface area contributed by atoms with Crippen LogP contribution in [0, 0.1) is 0 Å². The van der Waals surface area contributed by atoms with E-state index in [-0.39, 0.29) is 38.7 Å². The third kappa shape index (κ3) is 16.6. The van der Waals surface area contributed by atoms with Gasteiger partial charge in [0, 0.05) is 19.3 Å². The van der Waals surface area contributed by atoms with Gasteiger partial charge in [0.1, 0.15) is 30.8 Å². The van der Waals surface area contributed by atoms with Crippen LogP contribution in [0.3, 0.4) is 0 Å². The molecule has 41 heavy (non-hydrogen) atoms. The van der Waals surface area contributed by atoms with Crippen LogP contribution in [0.2, 0.25) is 0 Å². The van der Waals surface area contributed by atoms with E-state index in [2.05, 4.69) is 16.0 Å². The topological polar surface area (TPSA) is 209 Å². The summed E-state index contributed by atoms with van der Waals surface area (Å²) in [4.78, 5) is 74.0. The molecule has 1 aromatic rings. The fraction of sp³-hybridized carbons (Fsp3) is 0.571. The van der Waals surface area contributed by atoms with Gasteiger partial charge in [-0.25, -0.2) is 0 Å². The van der Waals surface area contributed by atoms with Crippen LogP contribution in [0.25, 0.3) is 0 Å². The van der Waals surface area contributed by atoms with Crippen molar-refractivity contribution in [3.05, 3.63) is 35.9 Å². The lowest BCUT2D eigenvalue weighted by atomic mass is 10.1. The van der Waals surface area contributed by atoms with Crippen LogP contribution in [-0.2, 0) is 44.8 Å². The molecule has 0 aliphatic carbocycles. The van der Waals surface area contributed by atoms with Gasteiger partial charge in [0.05, 0.1) is 0 Å². The van der Waals surface area contributed by atoms with Crippen LogP contribution in [-0.4, -0.2) is 66.3 Å². The van der Waals surface area contributed by atoms with Gasteiger partial charge in [-0.2, -0.15) is 0 Å². The Morgan fingerprint density at radius 1 is 0.829 bits per heavy atom. The largest absolute Gasteiger partial charge is 0.461 e. The maximum atomic E-state index is 13.2. The van der Waals surface area contributed by atoms with Crippen LogP contribution in [0.5, 0.6) is 0 Å². The van der Waals surface area contributed by atoms with Gasteiger partial charge in [-0.3, -0.25) is 28.8 Å². The Kier molecular flexibility index (Phi) is 15.7. The number of nitrogens with two attached hydrogens (primary N) is 2. The number of rotatable bonds is 18. The van der Waals surface area contributed by atoms with Crippen LogP contribution < -0.4 is 27.4 Å². The van der Waals surface area contributed by atoms with Crippen molar-refractivity contribution in [2.45, 2.75) is 90.0 Å². The second kappa shape index (κ2) is 18.4.